The molecule has 1 aromatic carbocycles. The SMILES string of the molecule is C[Si](C)(C)C#Cc1ccnc(NC(=O)[C@H](CC(F)F)c2ccc(F)cc2)c1. The number of nitrogens with zero attached hydrogens (tertiary/aromatic N) is 1. The van der Waals surface area contributed by atoms with Crippen LogP contribution in [-0.4, -0.2) is 25.4 Å². The summed E-state index contributed by atoms with van der Waals surface area (Å²) in [5.41, 5.74) is 4.23. The summed E-state index contributed by atoms with van der Waals surface area (Å²) >= 11 is 0. The number of amides is 1. The summed E-state index contributed by atoms with van der Waals surface area (Å²) < 4.78 is 39.0. The molecule has 0 aliphatic carbocycles. The Kier molecular flexibility index (Phi) is 6.80. The van der Waals surface area contributed by atoms with Crippen molar-refractivity contribution in [2.75, 3.05) is 5.32 Å². The van der Waals surface area contributed by atoms with Gasteiger partial charge in [0.1, 0.15) is 19.7 Å². The molecule has 0 spiro atoms. The molecule has 2 aromatic rings. The van der Waals surface area contributed by atoms with E-state index in [9.17, 15) is 18.0 Å². The molecule has 27 heavy (non-hydrogen) atoms. The van der Waals surface area contributed by atoms with E-state index in [4.69, 9.17) is 0 Å². The highest BCUT2D eigenvalue weighted by Gasteiger charge is 2.25. The lowest BCUT2D eigenvalue weighted by Gasteiger charge is -2.16. The van der Waals surface area contributed by atoms with Crippen LogP contribution in [0.4, 0.5) is 19.0 Å². The van der Waals surface area contributed by atoms with Crippen molar-refractivity contribution >= 4 is 19.8 Å². The average molecular weight is 390 g/mol. The first-order chi connectivity index (χ1) is 12.6. The Morgan fingerprint density at radius 2 is 1.85 bits per heavy atom. The number of nitrogens with one attached hydrogen (secondary N) is 1. The number of halogens is 3. The van der Waals surface area contributed by atoms with Crippen LogP contribution >= 0.6 is 0 Å². The predicted octanol–water partition coefficient (Wildman–Crippen LogP) is 4.83. The Morgan fingerprint density at radius 1 is 1.19 bits per heavy atom. The number of hydrogen-bond donors (Lipinski definition) is 1. The first-order valence-electron chi connectivity index (χ1n) is 8.48. The van der Waals surface area contributed by atoms with Crippen molar-refractivity contribution in [1.82, 2.24) is 4.98 Å². The maximum absolute atomic E-state index is 13.1. The number of anilines is 1. The average Bonchev–Trinajstić information content (AvgIpc) is 2.58. The fraction of sp³-hybridized carbons (Fsp3) is 0.300. The predicted molar refractivity (Wildman–Crippen MR) is 103 cm³/mol. The van der Waals surface area contributed by atoms with Gasteiger partial charge in [-0.1, -0.05) is 37.7 Å². The van der Waals surface area contributed by atoms with Gasteiger partial charge in [0.15, 0.2) is 0 Å². The largest absolute Gasteiger partial charge is 0.310 e. The van der Waals surface area contributed by atoms with E-state index in [1.165, 1.54) is 18.3 Å². The number of pyridine rings is 1. The molecule has 0 bridgehead atoms. The van der Waals surface area contributed by atoms with Crippen LogP contribution in [-0.2, 0) is 4.79 Å². The number of benzene rings is 1. The zero-order valence-electron chi connectivity index (χ0n) is 15.4. The van der Waals surface area contributed by atoms with Crippen LogP contribution in [0.5, 0.6) is 0 Å². The molecule has 0 unspecified atom stereocenters. The van der Waals surface area contributed by atoms with Crippen LogP contribution in [0.2, 0.25) is 19.6 Å². The molecule has 7 heteroatoms. The number of aromatic nitrogens is 1. The third kappa shape index (κ3) is 6.91. The Bertz CT molecular complexity index is 852. The van der Waals surface area contributed by atoms with Crippen molar-refractivity contribution in [3.8, 4) is 11.5 Å². The fourth-order valence-corrected chi connectivity index (χ4v) is 2.84. The van der Waals surface area contributed by atoms with Gasteiger partial charge in [0.25, 0.3) is 0 Å². The summed E-state index contributed by atoms with van der Waals surface area (Å²) in [6.07, 6.45) is -1.83. The highest BCUT2D eigenvalue weighted by atomic mass is 28.3. The molecule has 1 heterocycles. The second-order valence-electron chi connectivity index (χ2n) is 7.15. The van der Waals surface area contributed by atoms with E-state index in [0.717, 1.165) is 12.1 Å². The number of alkyl halides is 2. The van der Waals surface area contributed by atoms with Gasteiger partial charge in [-0.2, -0.15) is 0 Å². The molecule has 1 atom stereocenters. The van der Waals surface area contributed by atoms with Gasteiger partial charge in [0.2, 0.25) is 12.3 Å². The van der Waals surface area contributed by atoms with Gasteiger partial charge in [0.05, 0.1) is 5.92 Å². The number of rotatable bonds is 5. The van der Waals surface area contributed by atoms with E-state index in [1.54, 1.807) is 12.1 Å². The first kappa shape index (κ1) is 20.7. The molecule has 2 rings (SSSR count). The van der Waals surface area contributed by atoms with E-state index in [-0.39, 0.29) is 5.82 Å². The molecule has 0 radical (unpaired) electrons. The van der Waals surface area contributed by atoms with Gasteiger partial charge in [-0.15, -0.1) is 5.54 Å². The highest BCUT2D eigenvalue weighted by Crippen LogP contribution is 2.25. The van der Waals surface area contributed by atoms with Crippen LogP contribution in [0.15, 0.2) is 42.6 Å². The molecule has 1 amide bonds. The molecular weight excluding hydrogens is 369 g/mol. The van der Waals surface area contributed by atoms with E-state index in [1.807, 2.05) is 0 Å². The van der Waals surface area contributed by atoms with Gasteiger partial charge in [-0.25, -0.2) is 18.2 Å². The van der Waals surface area contributed by atoms with Gasteiger partial charge >= 0.3 is 0 Å². The molecule has 0 aliphatic rings. The van der Waals surface area contributed by atoms with Gasteiger partial charge < -0.3 is 5.32 Å². The maximum Gasteiger partial charge on any atom is 0.239 e. The van der Waals surface area contributed by atoms with Crippen LogP contribution in [0.1, 0.15) is 23.5 Å². The minimum Gasteiger partial charge on any atom is -0.310 e. The fourth-order valence-electron chi connectivity index (χ4n) is 2.32. The molecule has 0 aliphatic heterocycles. The van der Waals surface area contributed by atoms with Crippen LogP contribution in [0.25, 0.3) is 0 Å². The van der Waals surface area contributed by atoms with Crippen LogP contribution in [0.3, 0.4) is 0 Å². The molecule has 142 valence electrons. The Hall–Kier alpha value is -2.59. The normalized spacial score (nSPS) is 12.3. The van der Waals surface area contributed by atoms with Crippen molar-refractivity contribution < 1.29 is 18.0 Å². The van der Waals surface area contributed by atoms with Gasteiger partial charge in [0, 0.05) is 18.2 Å². The van der Waals surface area contributed by atoms with E-state index in [2.05, 4.69) is 41.4 Å². The van der Waals surface area contributed by atoms with E-state index < -0.39 is 38.6 Å². The summed E-state index contributed by atoms with van der Waals surface area (Å²) in [7, 11) is -1.56. The zero-order valence-corrected chi connectivity index (χ0v) is 16.4. The molecule has 0 fully saturated rings. The van der Waals surface area contributed by atoms with Gasteiger partial charge in [-0.05, 0) is 29.8 Å². The number of carbonyl (C=O) groups is 1. The highest BCUT2D eigenvalue weighted by molar-refractivity contribution is 6.83. The van der Waals surface area contributed by atoms with Crippen molar-refractivity contribution in [3.05, 3.63) is 59.5 Å². The Morgan fingerprint density at radius 3 is 2.44 bits per heavy atom. The Labute approximate surface area is 158 Å². The summed E-state index contributed by atoms with van der Waals surface area (Å²) in [6.45, 7) is 6.34. The monoisotopic (exact) mass is 390 g/mol. The van der Waals surface area contributed by atoms with E-state index in [0.29, 0.717) is 11.1 Å². The summed E-state index contributed by atoms with van der Waals surface area (Å²) in [4.78, 5) is 16.6. The molecule has 1 aromatic heterocycles. The smallest absolute Gasteiger partial charge is 0.239 e. The lowest BCUT2D eigenvalue weighted by Crippen LogP contribution is -2.23. The third-order valence-electron chi connectivity index (χ3n) is 3.60. The Balaban J connectivity index is 2.21. The van der Waals surface area contributed by atoms with Crippen molar-refractivity contribution in [3.63, 3.8) is 0 Å². The lowest BCUT2D eigenvalue weighted by molar-refractivity contribution is -0.118. The van der Waals surface area contributed by atoms with Crippen molar-refractivity contribution in [2.24, 2.45) is 0 Å². The number of carbonyl (C=O) groups excluding carboxylic acids is 1. The quantitative estimate of drug-likeness (QED) is 0.587. The standard InChI is InChI=1S/C20H21F3N2OSi/c1-27(2,3)11-9-14-8-10-24-19(12-14)25-20(26)17(13-18(22)23)15-4-6-16(21)7-5-15/h4-8,10,12,17-18H,13H2,1-3H3,(H,24,25,26)/t17-/m1/s1. The third-order valence-corrected chi connectivity index (χ3v) is 4.47. The number of hydrogen-bond acceptors (Lipinski definition) is 2. The lowest BCUT2D eigenvalue weighted by atomic mass is 9.95. The van der Waals surface area contributed by atoms with Gasteiger partial charge in [-0.3, -0.25) is 4.79 Å². The van der Waals surface area contributed by atoms with Crippen molar-refractivity contribution in [2.45, 2.75) is 38.4 Å². The van der Waals surface area contributed by atoms with Crippen LogP contribution in [0, 0.1) is 17.3 Å². The maximum atomic E-state index is 13.1. The molecule has 1 N–H and O–H groups in total. The molecular formula is C20H21F3N2OSi. The second kappa shape index (κ2) is 8.87. The summed E-state index contributed by atoms with van der Waals surface area (Å²) in [5, 5.41) is 2.56. The zero-order chi connectivity index (χ0) is 20.0. The second-order valence-corrected chi connectivity index (χ2v) is 11.9. The van der Waals surface area contributed by atoms with E-state index >= 15 is 0 Å². The molecule has 0 saturated heterocycles. The summed E-state index contributed by atoms with van der Waals surface area (Å²) in [6, 6.07) is 8.29. The van der Waals surface area contributed by atoms with Crippen molar-refractivity contribution in [1.29, 1.82) is 0 Å². The summed E-state index contributed by atoms with van der Waals surface area (Å²) in [5.74, 6) is 1.07. The minimum atomic E-state index is -2.67. The topological polar surface area (TPSA) is 42.0 Å². The molecule has 3 nitrogen and oxygen atoms in total. The van der Waals surface area contributed by atoms with Crippen LogP contribution < -0.4 is 5.32 Å². The first-order valence-corrected chi connectivity index (χ1v) is 12.0. The molecule has 0 saturated carbocycles. The minimum absolute atomic E-state index is 0.240.